The molecule has 2 bridgehead atoms. The van der Waals surface area contributed by atoms with E-state index in [0.29, 0.717) is 53.7 Å². The number of nitrogens with one attached hydrogen (secondary N) is 4. The Morgan fingerprint density at radius 3 is 2.51 bits per heavy atom. The summed E-state index contributed by atoms with van der Waals surface area (Å²) < 4.78 is 47.4. The number of rotatable bonds is 11. The van der Waals surface area contributed by atoms with Crippen molar-refractivity contribution in [1.82, 2.24) is 40.6 Å². The van der Waals surface area contributed by atoms with E-state index >= 15 is 0 Å². The van der Waals surface area contributed by atoms with Gasteiger partial charge in [0.2, 0.25) is 17.7 Å². The largest absolute Gasteiger partial charge is 0.416 e. The minimum Gasteiger partial charge on any atom is -0.383 e. The molecule has 70 heavy (non-hydrogen) atoms. The Morgan fingerprint density at radius 2 is 1.73 bits per heavy atom. The lowest BCUT2D eigenvalue weighted by molar-refractivity contribution is -0.137. The summed E-state index contributed by atoms with van der Waals surface area (Å²) in [5.41, 5.74) is 10.1. The van der Waals surface area contributed by atoms with Crippen LogP contribution in [0.3, 0.4) is 0 Å². The van der Waals surface area contributed by atoms with Gasteiger partial charge in [0.25, 0.3) is 11.8 Å². The highest BCUT2D eigenvalue weighted by atomic mass is 19.4. The lowest BCUT2D eigenvalue weighted by atomic mass is 9.90. The molecule has 8 rings (SSSR count). The van der Waals surface area contributed by atoms with Crippen LogP contribution in [0.4, 0.5) is 35.3 Å². The molecule has 1 saturated carbocycles. The molecule has 3 aliphatic rings. The zero-order valence-corrected chi connectivity index (χ0v) is 38.3. The number of anilines is 3. The van der Waals surface area contributed by atoms with Crippen molar-refractivity contribution < 1.29 is 46.7 Å². The number of ether oxygens (including phenoxy) is 1. The molecule has 1 aliphatic carbocycles. The molecule has 366 valence electrons. The molecule has 6 N–H and O–H groups in total. The first-order valence-electron chi connectivity index (χ1n) is 23.1. The highest BCUT2D eigenvalue weighted by Gasteiger charge is 2.32. The van der Waals surface area contributed by atoms with E-state index in [1.54, 1.807) is 53.6 Å². The summed E-state index contributed by atoms with van der Waals surface area (Å²) in [5, 5.41) is 16.4. The molecule has 0 unspecified atom stereocenters. The highest BCUT2D eigenvalue weighted by Crippen LogP contribution is 2.39. The second-order valence-electron chi connectivity index (χ2n) is 17.4. The smallest absolute Gasteiger partial charge is 0.383 e. The number of pyridine rings is 2. The normalized spacial score (nSPS) is 18.3. The first-order valence-corrected chi connectivity index (χ1v) is 23.1. The number of carbonyl (C=O) groups is 6. The van der Waals surface area contributed by atoms with Crippen LogP contribution in [0, 0.1) is 6.92 Å². The summed E-state index contributed by atoms with van der Waals surface area (Å²) >= 11 is 0. The lowest BCUT2D eigenvalue weighted by Crippen LogP contribution is -2.49. The molecule has 2 aliphatic heterocycles. The van der Waals surface area contributed by atoms with E-state index in [1.165, 1.54) is 4.90 Å². The highest BCUT2D eigenvalue weighted by molar-refractivity contribution is 6.07. The summed E-state index contributed by atoms with van der Waals surface area (Å²) in [4.78, 5) is 88.5. The number of allylic oxidation sites excluding steroid dienone is 1. The van der Waals surface area contributed by atoms with Crippen molar-refractivity contribution >= 4 is 69.9 Å². The molecule has 3 aromatic heterocycles. The minimum absolute atomic E-state index is 0.0239. The fourth-order valence-electron chi connectivity index (χ4n) is 8.91. The number of amides is 7. The molecule has 2 atom stereocenters. The number of carbonyl (C=O) groups excluding carboxylic acids is 6. The van der Waals surface area contributed by atoms with Crippen molar-refractivity contribution in [3.63, 3.8) is 0 Å². The fourth-order valence-corrected chi connectivity index (χ4v) is 8.91. The van der Waals surface area contributed by atoms with Crippen molar-refractivity contribution in [3.05, 3.63) is 101 Å². The molecule has 7 amide bonds. The van der Waals surface area contributed by atoms with Crippen molar-refractivity contribution in [2.45, 2.75) is 76.6 Å². The van der Waals surface area contributed by atoms with Crippen molar-refractivity contribution in [2.75, 3.05) is 55.3 Å². The van der Waals surface area contributed by atoms with Crippen LogP contribution in [-0.4, -0.2) is 106 Å². The number of hydrogen-bond donors (Lipinski definition) is 5. The maximum atomic E-state index is 13.6. The van der Waals surface area contributed by atoms with Crippen molar-refractivity contribution in [2.24, 2.45) is 0 Å². The van der Waals surface area contributed by atoms with Crippen LogP contribution in [-0.2, 0) is 25.3 Å². The molecule has 2 aromatic carbocycles. The summed E-state index contributed by atoms with van der Waals surface area (Å²) in [5.74, 6) is -1.89. The molecule has 21 heteroatoms. The molecule has 5 heterocycles. The number of aryl methyl sites for hydroxylation is 1. The number of nitrogens with zero attached hydrogens (tertiary/aromatic N) is 6. The Kier molecular flexibility index (Phi) is 14.8. The van der Waals surface area contributed by atoms with Crippen LogP contribution in [0.1, 0.15) is 94.8 Å². The number of hydrogen-bond acceptors (Lipinski definition) is 11. The minimum atomic E-state index is -4.60. The van der Waals surface area contributed by atoms with Gasteiger partial charge in [0.1, 0.15) is 17.3 Å². The summed E-state index contributed by atoms with van der Waals surface area (Å²) in [6.45, 7) is 2.57. The Hall–Kier alpha value is -7.68. The first kappa shape index (κ1) is 48.8. The third-order valence-corrected chi connectivity index (χ3v) is 12.5. The molecule has 2 fully saturated rings. The van der Waals surface area contributed by atoms with Crippen molar-refractivity contribution in [3.8, 4) is 11.3 Å². The van der Waals surface area contributed by atoms with Crippen LogP contribution in [0.2, 0.25) is 0 Å². The average molecular weight is 964 g/mol. The first-order chi connectivity index (χ1) is 33.6. The molecule has 0 spiro atoms. The van der Waals surface area contributed by atoms with Gasteiger partial charge in [-0.2, -0.15) is 18.3 Å². The second kappa shape index (κ2) is 21.3. The zero-order chi connectivity index (χ0) is 49.5. The van der Waals surface area contributed by atoms with Gasteiger partial charge in [-0.3, -0.25) is 38.9 Å². The van der Waals surface area contributed by atoms with Gasteiger partial charge in [-0.1, -0.05) is 30.4 Å². The molecule has 0 radical (unpaired) electrons. The van der Waals surface area contributed by atoms with E-state index < -0.39 is 23.7 Å². The molecule has 1 saturated heterocycles. The van der Waals surface area contributed by atoms with Gasteiger partial charge in [0.15, 0.2) is 0 Å². The van der Waals surface area contributed by atoms with E-state index in [4.69, 9.17) is 15.6 Å². The van der Waals surface area contributed by atoms with E-state index in [0.717, 1.165) is 54.2 Å². The van der Waals surface area contributed by atoms with E-state index in [9.17, 15) is 41.9 Å². The number of urea groups is 1. The van der Waals surface area contributed by atoms with E-state index in [2.05, 4.69) is 31.2 Å². The Balaban J connectivity index is 0.899. The Labute approximate surface area is 400 Å². The maximum Gasteiger partial charge on any atom is 0.416 e. The van der Waals surface area contributed by atoms with Gasteiger partial charge >= 0.3 is 12.2 Å². The van der Waals surface area contributed by atoms with Crippen LogP contribution < -0.4 is 31.9 Å². The zero-order valence-electron chi connectivity index (χ0n) is 38.3. The monoisotopic (exact) mass is 963 g/mol. The molecule has 18 nitrogen and oxygen atoms in total. The number of imide groups is 1. The van der Waals surface area contributed by atoms with Gasteiger partial charge in [0.05, 0.1) is 48.7 Å². The third-order valence-electron chi connectivity index (χ3n) is 12.5. The van der Waals surface area contributed by atoms with Crippen LogP contribution in [0.5, 0.6) is 0 Å². The van der Waals surface area contributed by atoms with Crippen LogP contribution >= 0.6 is 0 Å². The van der Waals surface area contributed by atoms with Crippen molar-refractivity contribution in [1.29, 1.82) is 0 Å². The molecule has 5 aromatic rings. The summed E-state index contributed by atoms with van der Waals surface area (Å²) in [6.07, 6.45) is 6.12. The van der Waals surface area contributed by atoms with Gasteiger partial charge in [-0.15, -0.1) is 0 Å². The molecular formula is C49H52F3N11O7. The Morgan fingerprint density at radius 1 is 0.929 bits per heavy atom. The Bertz CT molecular complexity index is 2850. The number of aromatic nitrogens is 4. The summed E-state index contributed by atoms with van der Waals surface area (Å²) in [7, 11) is 0. The predicted octanol–water partition coefficient (Wildman–Crippen LogP) is 6.17. The van der Waals surface area contributed by atoms with Gasteiger partial charge in [0, 0.05) is 72.4 Å². The number of nitrogens with two attached hydrogens (primary N) is 1. The average Bonchev–Trinajstić information content (AvgIpc) is 3.74. The van der Waals surface area contributed by atoms with E-state index in [1.807, 2.05) is 23.8 Å². The van der Waals surface area contributed by atoms with Crippen LogP contribution in [0.15, 0.2) is 73.1 Å². The second-order valence-corrected chi connectivity index (χ2v) is 17.4. The number of alkyl halides is 3. The van der Waals surface area contributed by atoms with Gasteiger partial charge < -0.3 is 31.3 Å². The number of halogens is 3. The quantitative estimate of drug-likeness (QED) is 0.0939. The van der Waals surface area contributed by atoms with E-state index in [-0.39, 0.29) is 98.6 Å². The fraction of sp³-hybridized carbons (Fsp3) is 0.367. The number of nitrogen functional groups attached to an aromatic ring is 1. The maximum absolute atomic E-state index is 13.6. The SMILES string of the molecule is Cc1ccc(C(=O)NCCOCCC(=O)N2CCC/C=C/c3cnc(N)c4c(-c5ccc(C(=O)Nc6cc(C(F)(F)F)ccn6)cc5)nn(c34)[C@@H]3CCC[C@H](C3)NC(=O)C2)cc1N1CCC(=O)NC1=O. The number of benzene rings is 2. The predicted molar refractivity (Wildman–Crippen MR) is 253 cm³/mol. The summed E-state index contributed by atoms with van der Waals surface area (Å²) in [6, 6.07) is 12.1. The standard InChI is InChI=1S/C49H52F3N11O7/c1-29-9-10-32(24-37(29)62-21-16-39(64)59-48(62)69)46(67)55-19-23-70-22-17-41(66)61-20-4-2-3-6-33-27-56-45(53)42-43(60-63(44(33)42)36-8-5-7-35(26-36)57-40(65)28-61)30-11-13-31(14-12-30)47(68)58-38-25-34(15-18-54-38)49(50,51)52/h3,6,9-15,18,24-25,27,35-36H,2,4-5,7-8,16-17,19-23,26,28H2,1H3,(H2,53,56)(H,55,67)(H,57,65)(H,54,58,68)(H,59,64,69)/b6-3+/t35-,36-/m1/s1. The topological polar surface area (TPSA) is 236 Å². The lowest BCUT2D eigenvalue weighted by Gasteiger charge is -2.31. The van der Waals surface area contributed by atoms with Crippen LogP contribution in [0.25, 0.3) is 28.2 Å². The van der Waals surface area contributed by atoms with Gasteiger partial charge in [-0.25, -0.2) is 14.8 Å². The van der Waals surface area contributed by atoms with Gasteiger partial charge in [-0.05, 0) is 87.4 Å². The third kappa shape index (κ3) is 11.4. The molecular weight excluding hydrogens is 912 g/mol. The number of fused-ring (bicyclic) bond motifs is 3.